The first-order valence-electron chi connectivity index (χ1n) is 6.68. The van der Waals surface area contributed by atoms with Gasteiger partial charge in [-0.1, -0.05) is 30.3 Å². The van der Waals surface area contributed by atoms with Gasteiger partial charge in [-0.2, -0.15) is 0 Å². The third-order valence-electron chi connectivity index (χ3n) is 4.25. The van der Waals surface area contributed by atoms with Crippen molar-refractivity contribution in [3.8, 4) is 0 Å². The van der Waals surface area contributed by atoms with Gasteiger partial charge < -0.3 is 5.32 Å². The molecule has 94 valence electrons. The third kappa shape index (κ3) is 2.88. The van der Waals surface area contributed by atoms with E-state index in [9.17, 15) is 0 Å². The second-order valence-electron chi connectivity index (χ2n) is 5.21. The van der Waals surface area contributed by atoms with Crippen LogP contribution in [0.1, 0.15) is 31.7 Å². The van der Waals surface area contributed by atoms with E-state index in [1.165, 1.54) is 25.1 Å². The predicted octanol–water partition coefficient (Wildman–Crippen LogP) is 2.47. The van der Waals surface area contributed by atoms with Gasteiger partial charge in [0.2, 0.25) is 0 Å². The highest BCUT2D eigenvalue weighted by Crippen LogP contribution is 2.28. The highest BCUT2D eigenvalue weighted by molar-refractivity contribution is 5.21. The summed E-state index contributed by atoms with van der Waals surface area (Å²) in [5, 5.41) is 3.35. The van der Waals surface area contributed by atoms with Crippen LogP contribution < -0.4 is 5.32 Å². The Morgan fingerprint density at radius 1 is 1.24 bits per heavy atom. The van der Waals surface area contributed by atoms with Crippen LogP contribution in [0.3, 0.4) is 0 Å². The van der Waals surface area contributed by atoms with E-state index >= 15 is 0 Å². The monoisotopic (exact) mass is 232 g/mol. The summed E-state index contributed by atoms with van der Waals surface area (Å²) < 4.78 is 0. The van der Waals surface area contributed by atoms with Crippen molar-refractivity contribution in [2.75, 3.05) is 20.1 Å². The van der Waals surface area contributed by atoms with Gasteiger partial charge in [0, 0.05) is 18.6 Å². The van der Waals surface area contributed by atoms with Crippen LogP contribution in [0.15, 0.2) is 30.3 Å². The fourth-order valence-electron chi connectivity index (χ4n) is 2.71. The molecule has 1 aliphatic rings. The van der Waals surface area contributed by atoms with Gasteiger partial charge in [0.05, 0.1) is 0 Å². The maximum Gasteiger partial charge on any atom is 0.0218 e. The summed E-state index contributed by atoms with van der Waals surface area (Å²) in [7, 11) is 2.05. The van der Waals surface area contributed by atoms with Gasteiger partial charge in [-0.15, -0.1) is 0 Å². The van der Waals surface area contributed by atoms with Crippen molar-refractivity contribution in [2.24, 2.45) is 0 Å². The quantitative estimate of drug-likeness (QED) is 0.858. The average Bonchev–Trinajstić information content (AvgIpc) is 2.87. The maximum atomic E-state index is 3.35. The lowest BCUT2D eigenvalue weighted by Crippen LogP contribution is -2.44. The molecule has 1 aromatic carbocycles. The molecule has 1 fully saturated rings. The molecule has 0 amide bonds. The summed E-state index contributed by atoms with van der Waals surface area (Å²) in [6.07, 6.45) is 1.30. The van der Waals surface area contributed by atoms with Gasteiger partial charge in [0.25, 0.3) is 0 Å². The lowest BCUT2D eigenvalue weighted by Gasteiger charge is -2.29. The Labute approximate surface area is 105 Å². The van der Waals surface area contributed by atoms with Gasteiger partial charge in [-0.05, 0) is 45.3 Å². The molecule has 1 aliphatic heterocycles. The maximum absolute atomic E-state index is 3.35. The fourth-order valence-corrected chi connectivity index (χ4v) is 2.71. The number of benzene rings is 1. The zero-order valence-corrected chi connectivity index (χ0v) is 11.2. The molecule has 0 saturated carbocycles. The third-order valence-corrected chi connectivity index (χ3v) is 4.25. The molecular weight excluding hydrogens is 208 g/mol. The van der Waals surface area contributed by atoms with E-state index in [-0.39, 0.29) is 0 Å². The standard InChI is InChI=1S/C15H24N2/c1-12(16-3)13(2)17-10-9-15(11-17)14-7-5-4-6-8-14/h4-8,12-13,15-16H,9-11H2,1-3H3. The zero-order valence-electron chi connectivity index (χ0n) is 11.2. The number of nitrogens with zero attached hydrogens (tertiary/aromatic N) is 1. The van der Waals surface area contributed by atoms with E-state index in [1.807, 2.05) is 7.05 Å². The number of hydrogen-bond donors (Lipinski definition) is 1. The Hall–Kier alpha value is -0.860. The molecule has 3 atom stereocenters. The first-order chi connectivity index (χ1) is 8.22. The summed E-state index contributed by atoms with van der Waals surface area (Å²) in [6, 6.07) is 12.1. The molecule has 2 rings (SSSR count). The Balaban J connectivity index is 1.96. The normalized spacial score (nSPS) is 24.8. The summed E-state index contributed by atoms with van der Waals surface area (Å²) in [5.41, 5.74) is 1.50. The molecule has 17 heavy (non-hydrogen) atoms. The first-order valence-corrected chi connectivity index (χ1v) is 6.68. The molecule has 0 aromatic heterocycles. The highest BCUT2D eigenvalue weighted by Gasteiger charge is 2.28. The number of nitrogens with one attached hydrogen (secondary N) is 1. The van der Waals surface area contributed by atoms with Crippen molar-refractivity contribution in [3.63, 3.8) is 0 Å². The Bertz CT molecular complexity index is 336. The Morgan fingerprint density at radius 3 is 2.59 bits per heavy atom. The molecule has 0 spiro atoms. The van der Waals surface area contributed by atoms with Gasteiger partial charge in [0.1, 0.15) is 0 Å². The smallest absolute Gasteiger partial charge is 0.0218 e. The SMILES string of the molecule is CNC(C)C(C)N1CCC(c2ccccc2)C1. The molecule has 2 nitrogen and oxygen atoms in total. The van der Waals surface area contributed by atoms with Gasteiger partial charge in [-0.3, -0.25) is 4.90 Å². The molecule has 1 aromatic rings. The number of likely N-dealkylation sites (tertiary alicyclic amines) is 1. The van der Waals surface area contributed by atoms with Crippen LogP contribution in [-0.2, 0) is 0 Å². The fraction of sp³-hybridized carbons (Fsp3) is 0.600. The lowest BCUT2D eigenvalue weighted by molar-refractivity contribution is 0.216. The predicted molar refractivity (Wildman–Crippen MR) is 73.4 cm³/mol. The summed E-state index contributed by atoms with van der Waals surface area (Å²) in [5.74, 6) is 0.725. The largest absolute Gasteiger partial charge is 0.316 e. The molecule has 2 heteroatoms. The van der Waals surface area contributed by atoms with E-state index in [0.29, 0.717) is 12.1 Å². The van der Waals surface area contributed by atoms with Gasteiger partial charge in [0.15, 0.2) is 0 Å². The average molecular weight is 232 g/mol. The van der Waals surface area contributed by atoms with Crippen LogP contribution >= 0.6 is 0 Å². The van der Waals surface area contributed by atoms with Crippen LogP contribution in [0, 0.1) is 0 Å². The Kier molecular flexibility index (Phi) is 4.19. The van der Waals surface area contributed by atoms with E-state index in [2.05, 4.69) is 54.4 Å². The summed E-state index contributed by atoms with van der Waals surface area (Å²) >= 11 is 0. The van der Waals surface area contributed by atoms with Crippen LogP contribution in [0.5, 0.6) is 0 Å². The van der Waals surface area contributed by atoms with E-state index in [1.54, 1.807) is 0 Å². The second kappa shape index (κ2) is 5.65. The van der Waals surface area contributed by atoms with Crippen molar-refractivity contribution in [2.45, 2.75) is 38.3 Å². The van der Waals surface area contributed by atoms with Crippen LogP contribution in [0.2, 0.25) is 0 Å². The molecule has 0 bridgehead atoms. The second-order valence-corrected chi connectivity index (χ2v) is 5.21. The number of likely N-dealkylation sites (N-methyl/N-ethyl adjacent to an activating group) is 1. The van der Waals surface area contributed by atoms with E-state index in [4.69, 9.17) is 0 Å². The van der Waals surface area contributed by atoms with Crippen LogP contribution in [-0.4, -0.2) is 37.1 Å². The Morgan fingerprint density at radius 2 is 1.94 bits per heavy atom. The minimum absolute atomic E-state index is 0.560. The van der Waals surface area contributed by atoms with Gasteiger partial charge in [-0.25, -0.2) is 0 Å². The van der Waals surface area contributed by atoms with E-state index < -0.39 is 0 Å². The molecular formula is C15H24N2. The van der Waals surface area contributed by atoms with Crippen molar-refractivity contribution >= 4 is 0 Å². The summed E-state index contributed by atoms with van der Waals surface area (Å²) in [4.78, 5) is 2.61. The first kappa shape index (κ1) is 12.6. The van der Waals surface area contributed by atoms with Crippen molar-refractivity contribution < 1.29 is 0 Å². The lowest BCUT2D eigenvalue weighted by atomic mass is 9.99. The molecule has 0 aliphatic carbocycles. The topological polar surface area (TPSA) is 15.3 Å². The number of rotatable bonds is 4. The molecule has 1 N–H and O–H groups in total. The molecule has 0 radical (unpaired) electrons. The van der Waals surface area contributed by atoms with E-state index in [0.717, 1.165) is 5.92 Å². The number of hydrogen-bond acceptors (Lipinski definition) is 2. The van der Waals surface area contributed by atoms with Gasteiger partial charge >= 0.3 is 0 Å². The van der Waals surface area contributed by atoms with Crippen molar-refractivity contribution in [1.82, 2.24) is 10.2 Å². The highest BCUT2D eigenvalue weighted by atomic mass is 15.2. The van der Waals surface area contributed by atoms with Crippen molar-refractivity contribution in [3.05, 3.63) is 35.9 Å². The zero-order chi connectivity index (χ0) is 12.3. The molecule has 1 heterocycles. The van der Waals surface area contributed by atoms with Crippen LogP contribution in [0.4, 0.5) is 0 Å². The molecule has 1 saturated heterocycles. The minimum Gasteiger partial charge on any atom is -0.316 e. The molecule has 3 unspecified atom stereocenters. The summed E-state index contributed by atoms with van der Waals surface area (Å²) in [6.45, 7) is 7.03. The van der Waals surface area contributed by atoms with Crippen LogP contribution in [0.25, 0.3) is 0 Å². The van der Waals surface area contributed by atoms with Crippen molar-refractivity contribution in [1.29, 1.82) is 0 Å². The minimum atomic E-state index is 0.560.